The monoisotopic (exact) mass is 320 g/mol. The van der Waals surface area contributed by atoms with Crippen molar-refractivity contribution < 1.29 is 0 Å². The summed E-state index contributed by atoms with van der Waals surface area (Å²) in [4.78, 5) is 8.84. The van der Waals surface area contributed by atoms with Crippen LogP contribution in [0, 0.1) is 0 Å². The van der Waals surface area contributed by atoms with Crippen molar-refractivity contribution in [3.8, 4) is 0 Å². The third-order valence-corrected chi connectivity index (χ3v) is 4.29. The summed E-state index contributed by atoms with van der Waals surface area (Å²) in [5.74, 6) is 0. The second-order valence-electron chi connectivity index (χ2n) is 6.07. The Hall–Kier alpha value is -1.66. The van der Waals surface area contributed by atoms with Gasteiger partial charge >= 0.3 is 0 Å². The molecule has 0 N–H and O–H groups in total. The Morgan fingerprint density at radius 2 is 2.18 bits per heavy atom. The summed E-state index contributed by atoms with van der Waals surface area (Å²) in [5, 5.41) is 8.77. The lowest BCUT2D eigenvalue weighted by atomic mass is 10.1. The lowest BCUT2D eigenvalue weighted by Crippen LogP contribution is -2.33. The number of nitrogens with zero attached hydrogens (tertiary/aromatic N) is 6. The van der Waals surface area contributed by atoms with E-state index in [1.165, 1.54) is 6.42 Å². The number of likely N-dealkylation sites (N-methyl/N-ethyl adjacent to an activating group) is 1. The van der Waals surface area contributed by atoms with Gasteiger partial charge in [0.05, 0.1) is 6.33 Å². The van der Waals surface area contributed by atoms with Crippen LogP contribution in [0.15, 0.2) is 12.5 Å². The van der Waals surface area contributed by atoms with Gasteiger partial charge in [-0.1, -0.05) is 11.6 Å². The Morgan fingerprint density at radius 1 is 1.36 bits per heavy atom. The Kier molecular flexibility index (Phi) is 4.31. The van der Waals surface area contributed by atoms with E-state index < -0.39 is 0 Å². The van der Waals surface area contributed by atoms with Crippen LogP contribution >= 0.6 is 11.6 Å². The van der Waals surface area contributed by atoms with Crippen molar-refractivity contribution in [1.29, 1.82) is 0 Å². The van der Waals surface area contributed by atoms with Gasteiger partial charge in [0.25, 0.3) is 0 Å². The maximum Gasteiger partial charge on any atom is 0.183 e. The molecule has 0 saturated carbocycles. The summed E-state index contributed by atoms with van der Waals surface area (Å²) in [5.41, 5.74) is 2.44. The average molecular weight is 321 g/mol. The highest BCUT2D eigenvalue weighted by Gasteiger charge is 2.22. The van der Waals surface area contributed by atoms with E-state index in [9.17, 15) is 0 Å². The highest BCUT2D eigenvalue weighted by Crippen LogP contribution is 2.27. The third kappa shape index (κ3) is 2.94. The normalized spacial score (nSPS) is 20.1. The fourth-order valence-corrected chi connectivity index (χ4v) is 3.08. The van der Waals surface area contributed by atoms with Crippen LogP contribution in [0.3, 0.4) is 0 Å². The van der Waals surface area contributed by atoms with Crippen LogP contribution < -0.4 is 0 Å². The topological polar surface area (TPSA) is 50.1 Å². The molecular weight excluding hydrogens is 300 g/mol. The number of likely N-dealkylation sites (tertiary alicyclic amines) is 1. The minimum absolute atomic E-state index is 0.386. The van der Waals surface area contributed by atoms with Crippen molar-refractivity contribution >= 4 is 28.8 Å². The first-order valence-electron chi connectivity index (χ1n) is 7.48. The van der Waals surface area contributed by atoms with E-state index in [2.05, 4.69) is 31.7 Å². The van der Waals surface area contributed by atoms with E-state index in [4.69, 9.17) is 11.6 Å². The van der Waals surface area contributed by atoms with Crippen molar-refractivity contribution in [3.05, 3.63) is 23.2 Å². The van der Waals surface area contributed by atoms with Gasteiger partial charge in [0.15, 0.2) is 10.8 Å². The van der Waals surface area contributed by atoms with Gasteiger partial charge in [-0.15, -0.1) is 10.2 Å². The highest BCUT2D eigenvalue weighted by atomic mass is 35.5. The summed E-state index contributed by atoms with van der Waals surface area (Å²) in [7, 11) is 6.08. The molecule has 0 spiro atoms. The molecule has 0 unspecified atom stereocenters. The van der Waals surface area contributed by atoms with Gasteiger partial charge in [0.1, 0.15) is 5.52 Å². The van der Waals surface area contributed by atoms with E-state index in [0.29, 0.717) is 11.2 Å². The van der Waals surface area contributed by atoms with Gasteiger partial charge in [-0.3, -0.25) is 0 Å². The van der Waals surface area contributed by atoms with Crippen molar-refractivity contribution in [2.45, 2.75) is 18.9 Å². The van der Waals surface area contributed by atoms with Gasteiger partial charge in [0, 0.05) is 32.2 Å². The van der Waals surface area contributed by atoms with Gasteiger partial charge in [-0.05, 0) is 38.7 Å². The lowest BCUT2D eigenvalue weighted by molar-refractivity contribution is 0.214. The fourth-order valence-electron chi connectivity index (χ4n) is 2.89. The Morgan fingerprint density at radius 3 is 2.91 bits per heavy atom. The summed E-state index contributed by atoms with van der Waals surface area (Å²) >= 11 is 6.20. The molecule has 1 fully saturated rings. The van der Waals surface area contributed by atoms with Crippen LogP contribution in [0.1, 0.15) is 24.4 Å². The molecule has 0 amide bonds. The minimum Gasteiger partial charge on any atom is -0.383 e. The quantitative estimate of drug-likeness (QED) is 0.868. The summed E-state index contributed by atoms with van der Waals surface area (Å²) < 4.78 is 2.14. The molecule has 1 aliphatic rings. The first-order valence-corrected chi connectivity index (χ1v) is 7.86. The van der Waals surface area contributed by atoms with E-state index >= 15 is 0 Å². The first kappa shape index (κ1) is 15.2. The highest BCUT2D eigenvalue weighted by molar-refractivity contribution is 6.31. The van der Waals surface area contributed by atoms with Crippen LogP contribution in [0.4, 0.5) is 0 Å². The van der Waals surface area contributed by atoms with E-state index in [1.54, 1.807) is 0 Å². The molecule has 2 aromatic rings. The van der Waals surface area contributed by atoms with Crippen LogP contribution in [0.2, 0.25) is 5.15 Å². The zero-order valence-corrected chi connectivity index (χ0v) is 14.0. The lowest BCUT2D eigenvalue weighted by Gasteiger charge is -2.30. The molecule has 1 saturated heterocycles. The average Bonchev–Trinajstić information content (AvgIpc) is 2.90. The van der Waals surface area contributed by atoms with Gasteiger partial charge in [-0.2, -0.15) is 0 Å². The Balaban J connectivity index is 2.03. The van der Waals surface area contributed by atoms with Gasteiger partial charge in [-0.25, -0.2) is 4.98 Å². The molecule has 7 heteroatoms. The molecule has 0 radical (unpaired) electrons. The fraction of sp³-hybridized carbons (Fsp3) is 0.533. The van der Waals surface area contributed by atoms with Gasteiger partial charge in [0.2, 0.25) is 0 Å². The molecule has 2 aromatic heterocycles. The van der Waals surface area contributed by atoms with E-state index in [0.717, 1.165) is 36.2 Å². The number of rotatable bonds is 3. The molecule has 22 heavy (non-hydrogen) atoms. The Labute approximate surface area is 135 Å². The molecular formula is C15H21ClN6. The van der Waals surface area contributed by atoms with Gasteiger partial charge < -0.3 is 14.4 Å². The van der Waals surface area contributed by atoms with E-state index in [1.807, 2.05) is 37.6 Å². The molecule has 1 atom stereocenters. The standard InChI is InChI=1S/C15H21ClN6/c1-20(2)8-6-12-13-15(19-18-14(12)16)22(10-17-13)11-5-4-7-21(3)9-11/h6,8,10-11H,4-5,7,9H2,1-3H3/b8-6+/t11-/m1/s1. The molecule has 3 heterocycles. The number of hydrogen-bond acceptors (Lipinski definition) is 5. The van der Waals surface area contributed by atoms with Crippen LogP contribution in [0.5, 0.6) is 0 Å². The molecule has 118 valence electrons. The molecule has 0 aliphatic carbocycles. The number of aromatic nitrogens is 4. The number of fused-ring (bicyclic) bond motifs is 1. The number of halogens is 1. The molecule has 0 aromatic carbocycles. The largest absolute Gasteiger partial charge is 0.383 e. The van der Waals surface area contributed by atoms with Crippen LogP contribution in [-0.4, -0.2) is 63.8 Å². The van der Waals surface area contributed by atoms with Crippen molar-refractivity contribution in [1.82, 2.24) is 29.5 Å². The molecule has 3 rings (SSSR count). The Bertz CT molecular complexity index is 693. The summed E-state index contributed by atoms with van der Waals surface area (Å²) in [6.07, 6.45) is 8.07. The maximum atomic E-state index is 6.20. The molecule has 0 bridgehead atoms. The third-order valence-electron chi connectivity index (χ3n) is 4.01. The maximum absolute atomic E-state index is 6.20. The SMILES string of the molecule is CN(C)/C=C/c1c(Cl)nnc2c1ncn2[C@@H]1CCCN(C)C1. The first-order chi connectivity index (χ1) is 10.6. The number of hydrogen-bond donors (Lipinski definition) is 0. The van der Waals surface area contributed by atoms with Crippen molar-refractivity contribution in [3.63, 3.8) is 0 Å². The molecule has 6 nitrogen and oxygen atoms in total. The predicted octanol–water partition coefficient (Wildman–Crippen LogP) is 2.28. The zero-order chi connectivity index (χ0) is 15.7. The molecule has 1 aliphatic heterocycles. The van der Waals surface area contributed by atoms with E-state index in [-0.39, 0.29) is 0 Å². The number of piperidine rings is 1. The summed E-state index contributed by atoms with van der Waals surface area (Å²) in [6, 6.07) is 0.393. The van der Waals surface area contributed by atoms with Crippen LogP contribution in [-0.2, 0) is 0 Å². The van der Waals surface area contributed by atoms with Crippen LogP contribution in [0.25, 0.3) is 17.2 Å². The minimum atomic E-state index is 0.386. The van der Waals surface area contributed by atoms with Crippen molar-refractivity contribution in [2.75, 3.05) is 34.2 Å². The predicted molar refractivity (Wildman–Crippen MR) is 88.8 cm³/mol. The second kappa shape index (κ2) is 6.22. The summed E-state index contributed by atoms with van der Waals surface area (Å²) in [6.45, 7) is 2.16. The zero-order valence-electron chi connectivity index (χ0n) is 13.2. The number of imidazole rings is 1. The second-order valence-corrected chi connectivity index (χ2v) is 6.42. The van der Waals surface area contributed by atoms with Crippen molar-refractivity contribution in [2.24, 2.45) is 0 Å². The smallest absolute Gasteiger partial charge is 0.183 e.